The summed E-state index contributed by atoms with van der Waals surface area (Å²) in [6, 6.07) is 0. The van der Waals surface area contributed by atoms with Gasteiger partial charge in [-0.3, -0.25) is 9.59 Å². The number of aliphatic hydroxyl groups is 3. The van der Waals surface area contributed by atoms with Gasteiger partial charge in [0.15, 0.2) is 6.29 Å². The van der Waals surface area contributed by atoms with Crippen molar-refractivity contribution in [3.05, 3.63) is 0 Å². The lowest BCUT2D eigenvalue weighted by molar-refractivity contribution is -0.296. The van der Waals surface area contributed by atoms with Gasteiger partial charge >= 0.3 is 5.97 Å². The fourth-order valence-electron chi connectivity index (χ4n) is 6.61. The van der Waals surface area contributed by atoms with Gasteiger partial charge in [0.2, 0.25) is 0 Å². The number of ketones is 1. The zero-order chi connectivity index (χ0) is 30.8. The number of carbonyl (C=O) groups is 2. The van der Waals surface area contributed by atoms with Gasteiger partial charge < -0.3 is 39.0 Å². The van der Waals surface area contributed by atoms with Gasteiger partial charge in [-0.15, -0.1) is 0 Å². The molecule has 0 radical (unpaired) electrons. The molecule has 3 N–H and O–H groups in total. The Kier molecular flexibility index (Phi) is 11.8. The van der Waals surface area contributed by atoms with Gasteiger partial charge in [0.1, 0.15) is 23.6 Å². The van der Waals surface area contributed by atoms with Gasteiger partial charge in [0.05, 0.1) is 35.4 Å². The van der Waals surface area contributed by atoms with E-state index in [1.165, 1.54) is 14.0 Å². The van der Waals surface area contributed by atoms with Crippen LogP contribution in [0.3, 0.4) is 0 Å². The molecule has 2 saturated heterocycles. The zero-order valence-corrected chi connectivity index (χ0v) is 26.3. The van der Waals surface area contributed by atoms with Crippen LogP contribution in [0.5, 0.6) is 0 Å². The van der Waals surface area contributed by atoms with Gasteiger partial charge in [-0.2, -0.15) is 0 Å². The molecule has 234 valence electrons. The first-order valence-electron chi connectivity index (χ1n) is 14.6. The third-order valence-corrected chi connectivity index (χ3v) is 9.48. The second-order valence-corrected chi connectivity index (χ2v) is 13.0. The molecule has 2 aliphatic rings. The molecular formula is C30H54O10. The Morgan fingerprint density at radius 3 is 2.02 bits per heavy atom. The summed E-state index contributed by atoms with van der Waals surface area (Å²) in [6.45, 7) is 15.7. The number of hydrogen-bond donors (Lipinski definition) is 3. The Morgan fingerprint density at radius 1 is 0.900 bits per heavy atom. The summed E-state index contributed by atoms with van der Waals surface area (Å²) in [5, 5.41) is 33.1. The summed E-state index contributed by atoms with van der Waals surface area (Å²) >= 11 is 0. The second-order valence-electron chi connectivity index (χ2n) is 13.0. The topological polar surface area (TPSA) is 141 Å². The van der Waals surface area contributed by atoms with Crippen molar-refractivity contribution in [2.24, 2.45) is 23.7 Å². The smallest absolute Gasteiger partial charge is 0.311 e. The molecule has 0 spiro atoms. The van der Waals surface area contributed by atoms with Gasteiger partial charge in [-0.1, -0.05) is 27.7 Å². The summed E-state index contributed by atoms with van der Waals surface area (Å²) in [4.78, 5) is 27.0. The minimum atomic E-state index is -1.87. The van der Waals surface area contributed by atoms with Crippen molar-refractivity contribution in [1.29, 1.82) is 0 Å². The molecule has 0 aromatic rings. The molecule has 2 rings (SSSR count). The molecule has 2 fully saturated rings. The Labute approximate surface area is 240 Å². The lowest BCUT2D eigenvalue weighted by Gasteiger charge is -2.46. The van der Waals surface area contributed by atoms with Crippen molar-refractivity contribution < 1.29 is 48.6 Å². The fourth-order valence-corrected chi connectivity index (χ4v) is 6.61. The van der Waals surface area contributed by atoms with Crippen molar-refractivity contribution in [3.63, 3.8) is 0 Å². The first kappa shape index (κ1) is 35.1. The highest BCUT2D eigenvalue weighted by Gasteiger charge is 2.50. The minimum absolute atomic E-state index is 0.204. The van der Waals surface area contributed by atoms with Crippen LogP contribution in [0, 0.1) is 23.7 Å². The highest BCUT2D eigenvalue weighted by molar-refractivity contribution is 5.83. The number of esters is 1. The number of carbonyl (C=O) groups excluding carboxylic acids is 2. The minimum Gasteiger partial charge on any atom is -0.459 e. The number of hydrogen-bond acceptors (Lipinski definition) is 10. The van der Waals surface area contributed by atoms with E-state index in [0.717, 1.165) is 0 Å². The second kappa shape index (κ2) is 13.4. The Hall–Kier alpha value is -1.14. The monoisotopic (exact) mass is 574 g/mol. The van der Waals surface area contributed by atoms with E-state index in [2.05, 4.69) is 0 Å². The molecule has 9 unspecified atom stereocenters. The molecule has 40 heavy (non-hydrogen) atoms. The van der Waals surface area contributed by atoms with Crippen LogP contribution < -0.4 is 0 Å². The van der Waals surface area contributed by atoms with E-state index in [1.54, 1.807) is 48.7 Å². The Bertz CT molecular complexity index is 863. The molecule has 0 saturated carbocycles. The first-order chi connectivity index (χ1) is 18.4. The van der Waals surface area contributed by atoms with Crippen molar-refractivity contribution >= 4 is 11.8 Å². The molecule has 0 aromatic carbocycles. The lowest BCUT2D eigenvalue weighted by Crippen LogP contribution is -2.58. The van der Waals surface area contributed by atoms with Crippen molar-refractivity contribution in [1.82, 2.24) is 0 Å². The van der Waals surface area contributed by atoms with Crippen LogP contribution in [0.1, 0.15) is 88.0 Å². The SMILES string of the molecule is CCC1OC(=O)C(C)C(O[C@H]2C[C@](C)(OC)[C@@H](O)[C@H](C)O2)C(C)CC(C)(OC)CC(C)C(=O)C(C)C(O)C1(C)O. The molecule has 10 heteroatoms. The van der Waals surface area contributed by atoms with Gasteiger partial charge in [0, 0.05) is 32.5 Å². The average Bonchev–Trinajstić information content (AvgIpc) is 2.90. The zero-order valence-electron chi connectivity index (χ0n) is 26.3. The number of Topliss-reactive ketones (excluding diaryl/α,β-unsaturated/α-hetero) is 1. The number of rotatable bonds is 5. The molecule has 0 aromatic heterocycles. The predicted octanol–water partition coefficient (Wildman–Crippen LogP) is 3.02. The molecule has 2 heterocycles. The van der Waals surface area contributed by atoms with E-state index < -0.39 is 77.3 Å². The summed E-state index contributed by atoms with van der Waals surface area (Å²) in [7, 11) is 3.12. The fraction of sp³-hybridized carbons (Fsp3) is 0.933. The molecule has 13 atom stereocenters. The molecule has 0 bridgehead atoms. The normalized spacial score (nSPS) is 48.4. The molecule has 0 amide bonds. The van der Waals surface area contributed by atoms with Crippen molar-refractivity contribution in [2.75, 3.05) is 14.2 Å². The highest BCUT2D eigenvalue weighted by atomic mass is 16.7. The van der Waals surface area contributed by atoms with Gasteiger partial charge in [0.25, 0.3) is 0 Å². The number of cyclic esters (lactones) is 1. The van der Waals surface area contributed by atoms with Crippen molar-refractivity contribution in [3.8, 4) is 0 Å². The van der Waals surface area contributed by atoms with Crippen LogP contribution in [-0.4, -0.2) is 94.9 Å². The quantitative estimate of drug-likeness (QED) is 0.420. The lowest BCUT2D eigenvalue weighted by atomic mass is 9.75. The van der Waals surface area contributed by atoms with E-state index in [9.17, 15) is 24.9 Å². The van der Waals surface area contributed by atoms with Crippen LogP contribution in [0.4, 0.5) is 0 Å². The highest BCUT2D eigenvalue weighted by Crippen LogP contribution is 2.39. The summed E-state index contributed by atoms with van der Waals surface area (Å²) in [5.41, 5.74) is -3.53. The largest absolute Gasteiger partial charge is 0.459 e. The van der Waals surface area contributed by atoms with Crippen LogP contribution in [0.15, 0.2) is 0 Å². The van der Waals surface area contributed by atoms with E-state index in [0.29, 0.717) is 12.8 Å². The van der Waals surface area contributed by atoms with E-state index in [-0.39, 0.29) is 24.5 Å². The Morgan fingerprint density at radius 2 is 1.50 bits per heavy atom. The van der Waals surface area contributed by atoms with Crippen molar-refractivity contribution in [2.45, 2.75) is 142 Å². The third-order valence-electron chi connectivity index (χ3n) is 9.48. The third kappa shape index (κ3) is 7.43. The number of methoxy groups -OCH3 is 2. The van der Waals surface area contributed by atoms with Crippen LogP contribution in [0.2, 0.25) is 0 Å². The maximum absolute atomic E-state index is 13.6. The summed E-state index contributed by atoms with van der Waals surface area (Å²) < 4.78 is 29.9. The van der Waals surface area contributed by atoms with Crippen LogP contribution in [0.25, 0.3) is 0 Å². The van der Waals surface area contributed by atoms with Crippen LogP contribution in [-0.2, 0) is 33.3 Å². The number of ether oxygens (including phenoxy) is 5. The van der Waals surface area contributed by atoms with Gasteiger partial charge in [-0.05, 0) is 59.8 Å². The van der Waals surface area contributed by atoms with Crippen LogP contribution >= 0.6 is 0 Å². The predicted molar refractivity (Wildman–Crippen MR) is 148 cm³/mol. The number of aliphatic hydroxyl groups excluding tert-OH is 2. The van der Waals surface area contributed by atoms with E-state index in [4.69, 9.17) is 23.7 Å². The molecular weight excluding hydrogens is 520 g/mol. The molecule has 2 aliphatic heterocycles. The maximum atomic E-state index is 13.6. The van der Waals surface area contributed by atoms with E-state index >= 15 is 0 Å². The molecule has 0 aliphatic carbocycles. The Balaban J connectivity index is 2.52. The average molecular weight is 575 g/mol. The first-order valence-corrected chi connectivity index (χ1v) is 14.6. The maximum Gasteiger partial charge on any atom is 0.311 e. The summed E-state index contributed by atoms with van der Waals surface area (Å²) in [6.07, 6.45) is -4.10. The van der Waals surface area contributed by atoms with Gasteiger partial charge in [-0.25, -0.2) is 0 Å². The standard InChI is InChI=1S/C30H54O10/c1-12-21-30(9,35)25(32)18(4)23(31)16(2)13-28(7,36-10)14-17(3)24(19(5)27(34)39-21)40-22-15-29(8,37-11)26(33)20(6)38-22/h16-22,24-26,32-33,35H,12-15H2,1-11H3/t16?,17?,18?,19?,20-,21?,22-,24?,25?,26-,28?,29-,30?/m0/s1. The summed E-state index contributed by atoms with van der Waals surface area (Å²) in [5.74, 6) is -3.18. The molecule has 10 nitrogen and oxygen atoms in total. The van der Waals surface area contributed by atoms with E-state index in [1.807, 2.05) is 13.8 Å².